The van der Waals surface area contributed by atoms with Crippen LogP contribution in [-0.4, -0.2) is 25.9 Å². The predicted octanol–water partition coefficient (Wildman–Crippen LogP) is 3.11. The topological polar surface area (TPSA) is 55.6 Å². The third kappa shape index (κ3) is 3.45. The van der Waals surface area contributed by atoms with E-state index in [1.54, 1.807) is 0 Å². The molecule has 0 saturated heterocycles. The maximum absolute atomic E-state index is 4.55. The molecule has 2 aromatic heterocycles. The fourth-order valence-corrected chi connectivity index (χ4v) is 3.13. The van der Waals surface area contributed by atoms with Crippen LogP contribution in [0.25, 0.3) is 0 Å². The molecule has 0 saturated carbocycles. The predicted molar refractivity (Wildman–Crippen MR) is 85.0 cm³/mol. The largest absolute Gasteiger partial charge is 0.308 e. The van der Waals surface area contributed by atoms with Crippen molar-refractivity contribution in [2.24, 2.45) is 0 Å². The fraction of sp³-hybridized carbons (Fsp3) is 0.615. The molecule has 0 radical (unpaired) electrons. The highest BCUT2D eigenvalue weighted by Crippen LogP contribution is 2.26. The Morgan fingerprint density at radius 3 is 2.85 bits per heavy atom. The number of halogens is 1. The van der Waals surface area contributed by atoms with Gasteiger partial charge in [0.05, 0.1) is 27.6 Å². The van der Waals surface area contributed by atoms with Gasteiger partial charge in [0, 0.05) is 18.3 Å². The Hall–Kier alpha value is -0.790. The lowest BCUT2D eigenvalue weighted by molar-refractivity contribution is 0.492. The van der Waals surface area contributed by atoms with Crippen LogP contribution in [0.3, 0.4) is 0 Å². The zero-order valence-electron chi connectivity index (χ0n) is 12.1. The molecule has 1 atom stereocenters. The Balaban J connectivity index is 2.23. The smallest absolute Gasteiger partial charge is 0.0928 e. The van der Waals surface area contributed by atoms with Crippen LogP contribution in [0.5, 0.6) is 0 Å². The van der Waals surface area contributed by atoms with Crippen LogP contribution in [0, 0.1) is 6.92 Å². The molecule has 0 aliphatic heterocycles. The Bertz CT molecular complexity index is 537. The molecule has 20 heavy (non-hydrogen) atoms. The normalized spacial score (nSPS) is 12.8. The molecule has 0 fully saturated rings. The summed E-state index contributed by atoms with van der Waals surface area (Å²) < 4.78 is 7.14. The van der Waals surface area contributed by atoms with Gasteiger partial charge < -0.3 is 5.32 Å². The molecule has 0 aliphatic rings. The Morgan fingerprint density at radius 2 is 2.25 bits per heavy atom. The quantitative estimate of drug-likeness (QED) is 0.826. The minimum absolute atomic E-state index is 0.186. The maximum atomic E-state index is 4.55. The Morgan fingerprint density at radius 1 is 1.45 bits per heavy atom. The minimum Gasteiger partial charge on any atom is -0.308 e. The first-order chi connectivity index (χ1) is 9.67. The second kappa shape index (κ2) is 7.28. The zero-order chi connectivity index (χ0) is 14.5. The summed E-state index contributed by atoms with van der Waals surface area (Å²) in [5.74, 6) is 0. The first kappa shape index (κ1) is 15.6. The monoisotopic (exact) mass is 357 g/mol. The minimum atomic E-state index is 0.186. The standard InChI is InChI=1S/C13H20BrN5S/c1-4-6-15-10(11-8-20-18-16-11)7-12-13(14)9(3)17-19(12)5-2/h8,10,15H,4-7H2,1-3H3. The lowest BCUT2D eigenvalue weighted by atomic mass is 10.1. The highest BCUT2D eigenvalue weighted by molar-refractivity contribution is 9.10. The summed E-state index contributed by atoms with van der Waals surface area (Å²) in [6, 6.07) is 0.186. The van der Waals surface area contributed by atoms with Crippen molar-refractivity contribution in [1.29, 1.82) is 0 Å². The SMILES string of the molecule is CCCNC(Cc1c(Br)c(C)nn1CC)c1csnn1. The molecule has 1 N–H and O–H groups in total. The average Bonchev–Trinajstić information content (AvgIpc) is 3.06. The van der Waals surface area contributed by atoms with E-state index in [0.717, 1.165) is 41.8 Å². The van der Waals surface area contributed by atoms with E-state index in [-0.39, 0.29) is 6.04 Å². The molecular formula is C13H20BrN5S. The van der Waals surface area contributed by atoms with Crippen LogP contribution in [0.1, 0.15) is 43.4 Å². The number of hydrogen-bond donors (Lipinski definition) is 1. The van der Waals surface area contributed by atoms with Crippen molar-refractivity contribution < 1.29 is 0 Å². The summed E-state index contributed by atoms with van der Waals surface area (Å²) in [5, 5.41) is 14.3. The Kier molecular flexibility index (Phi) is 5.68. The van der Waals surface area contributed by atoms with Gasteiger partial charge in [-0.3, -0.25) is 4.68 Å². The Labute approximate surface area is 132 Å². The van der Waals surface area contributed by atoms with Crippen molar-refractivity contribution in [1.82, 2.24) is 24.7 Å². The number of rotatable bonds is 7. The highest BCUT2D eigenvalue weighted by atomic mass is 79.9. The van der Waals surface area contributed by atoms with Crippen LogP contribution in [0.15, 0.2) is 9.85 Å². The van der Waals surface area contributed by atoms with Gasteiger partial charge >= 0.3 is 0 Å². The van der Waals surface area contributed by atoms with E-state index in [1.807, 2.05) is 12.3 Å². The third-order valence-electron chi connectivity index (χ3n) is 3.22. The van der Waals surface area contributed by atoms with Crippen LogP contribution in [0.4, 0.5) is 0 Å². The van der Waals surface area contributed by atoms with Gasteiger partial charge in [-0.2, -0.15) is 5.10 Å². The molecule has 7 heteroatoms. The van der Waals surface area contributed by atoms with Crippen molar-refractivity contribution in [3.05, 3.63) is 26.9 Å². The van der Waals surface area contributed by atoms with Gasteiger partial charge in [0.15, 0.2) is 0 Å². The van der Waals surface area contributed by atoms with Crippen molar-refractivity contribution in [2.75, 3.05) is 6.54 Å². The van der Waals surface area contributed by atoms with Crippen molar-refractivity contribution in [2.45, 2.75) is 46.2 Å². The number of aryl methyl sites for hydroxylation is 2. The third-order valence-corrected chi connectivity index (χ3v) is 4.78. The summed E-state index contributed by atoms with van der Waals surface area (Å²) >= 11 is 5.05. The molecule has 5 nitrogen and oxygen atoms in total. The molecule has 0 aromatic carbocycles. The molecule has 2 heterocycles. The van der Waals surface area contributed by atoms with Crippen LogP contribution in [-0.2, 0) is 13.0 Å². The van der Waals surface area contributed by atoms with Crippen molar-refractivity contribution in [3.8, 4) is 0 Å². The molecule has 0 aliphatic carbocycles. The second-order valence-corrected chi connectivity index (χ2v) is 6.11. The summed E-state index contributed by atoms with van der Waals surface area (Å²) in [4.78, 5) is 0. The van der Waals surface area contributed by atoms with E-state index in [4.69, 9.17) is 0 Å². The van der Waals surface area contributed by atoms with E-state index in [1.165, 1.54) is 17.2 Å². The summed E-state index contributed by atoms with van der Waals surface area (Å²) in [7, 11) is 0. The number of nitrogens with zero attached hydrogens (tertiary/aromatic N) is 4. The van der Waals surface area contributed by atoms with Gasteiger partial charge in [-0.05, 0) is 54.3 Å². The molecule has 0 spiro atoms. The molecule has 2 rings (SSSR count). The fourth-order valence-electron chi connectivity index (χ4n) is 2.18. The van der Waals surface area contributed by atoms with E-state index < -0.39 is 0 Å². The number of hydrogen-bond acceptors (Lipinski definition) is 5. The van der Waals surface area contributed by atoms with Gasteiger partial charge in [0.2, 0.25) is 0 Å². The van der Waals surface area contributed by atoms with Gasteiger partial charge in [0.1, 0.15) is 0 Å². The lowest BCUT2D eigenvalue weighted by Crippen LogP contribution is -2.25. The van der Waals surface area contributed by atoms with E-state index >= 15 is 0 Å². The van der Waals surface area contributed by atoms with Gasteiger partial charge in [-0.25, -0.2) is 0 Å². The highest BCUT2D eigenvalue weighted by Gasteiger charge is 2.20. The number of nitrogens with one attached hydrogen (secondary N) is 1. The van der Waals surface area contributed by atoms with E-state index in [2.05, 4.69) is 54.5 Å². The van der Waals surface area contributed by atoms with Gasteiger partial charge in [-0.15, -0.1) is 5.10 Å². The maximum Gasteiger partial charge on any atom is 0.0928 e. The van der Waals surface area contributed by atoms with Gasteiger partial charge in [0.25, 0.3) is 0 Å². The summed E-state index contributed by atoms with van der Waals surface area (Å²) in [6.07, 6.45) is 1.96. The number of aromatic nitrogens is 4. The zero-order valence-corrected chi connectivity index (χ0v) is 14.5. The first-order valence-electron chi connectivity index (χ1n) is 6.89. The van der Waals surface area contributed by atoms with E-state index in [9.17, 15) is 0 Å². The van der Waals surface area contributed by atoms with Crippen molar-refractivity contribution >= 4 is 27.5 Å². The average molecular weight is 358 g/mol. The summed E-state index contributed by atoms with van der Waals surface area (Å²) in [6.45, 7) is 8.15. The molecular weight excluding hydrogens is 338 g/mol. The van der Waals surface area contributed by atoms with E-state index in [0.29, 0.717) is 0 Å². The van der Waals surface area contributed by atoms with Crippen molar-refractivity contribution in [3.63, 3.8) is 0 Å². The van der Waals surface area contributed by atoms with Crippen LogP contribution in [0.2, 0.25) is 0 Å². The second-order valence-electron chi connectivity index (χ2n) is 4.70. The molecule has 0 bridgehead atoms. The summed E-state index contributed by atoms with van der Waals surface area (Å²) in [5.41, 5.74) is 3.26. The molecule has 0 amide bonds. The molecule has 2 aromatic rings. The van der Waals surface area contributed by atoms with Gasteiger partial charge in [-0.1, -0.05) is 11.4 Å². The lowest BCUT2D eigenvalue weighted by Gasteiger charge is -2.17. The first-order valence-corrected chi connectivity index (χ1v) is 8.52. The molecule has 1 unspecified atom stereocenters. The molecule has 110 valence electrons. The van der Waals surface area contributed by atoms with Crippen LogP contribution >= 0.6 is 27.5 Å². The van der Waals surface area contributed by atoms with Crippen LogP contribution < -0.4 is 5.32 Å².